The van der Waals surface area contributed by atoms with E-state index in [2.05, 4.69) is 0 Å². The summed E-state index contributed by atoms with van der Waals surface area (Å²) in [5.74, 6) is -1.34. The topological polar surface area (TPSA) is 43.4 Å². The Kier molecular flexibility index (Phi) is 2.81. The molecule has 0 bridgehead atoms. The van der Waals surface area contributed by atoms with Gasteiger partial charge in [0, 0.05) is 22.3 Å². The van der Waals surface area contributed by atoms with E-state index in [1.807, 2.05) is 24.3 Å². The Labute approximate surface area is 131 Å². The molecule has 0 unspecified atom stereocenters. The summed E-state index contributed by atoms with van der Waals surface area (Å²) in [4.78, 5) is 25.4. The summed E-state index contributed by atoms with van der Waals surface area (Å²) in [6.07, 6.45) is 0. The van der Waals surface area contributed by atoms with E-state index in [1.54, 1.807) is 12.1 Å². The molecule has 0 spiro atoms. The fourth-order valence-corrected chi connectivity index (χ4v) is 2.99. The van der Waals surface area contributed by atoms with Crippen LogP contribution in [0.4, 0.5) is 4.39 Å². The molecule has 0 aromatic heterocycles. The molecule has 4 heteroatoms. The first kappa shape index (κ1) is 13.6. The van der Waals surface area contributed by atoms with Crippen molar-refractivity contribution in [1.82, 2.24) is 0 Å². The first-order chi connectivity index (χ1) is 11.1. The average molecular weight is 306 g/mol. The molecule has 112 valence electrons. The number of benzene rings is 3. The number of hydrogen-bond acceptors (Lipinski definition) is 3. The monoisotopic (exact) mass is 306 g/mol. The second-order valence-electron chi connectivity index (χ2n) is 5.44. The molecule has 0 saturated carbocycles. The van der Waals surface area contributed by atoms with Crippen molar-refractivity contribution in [3.8, 4) is 5.75 Å². The summed E-state index contributed by atoms with van der Waals surface area (Å²) in [7, 11) is 1.32. The third-order valence-corrected chi connectivity index (χ3v) is 4.16. The first-order valence-electron chi connectivity index (χ1n) is 7.10. The van der Waals surface area contributed by atoms with Crippen molar-refractivity contribution in [1.29, 1.82) is 0 Å². The van der Waals surface area contributed by atoms with Crippen molar-refractivity contribution in [3.63, 3.8) is 0 Å². The number of methoxy groups -OCH3 is 1. The highest BCUT2D eigenvalue weighted by atomic mass is 19.1. The van der Waals surface area contributed by atoms with Crippen LogP contribution in [-0.2, 0) is 0 Å². The average Bonchev–Trinajstić information content (AvgIpc) is 2.58. The van der Waals surface area contributed by atoms with Crippen molar-refractivity contribution in [2.45, 2.75) is 0 Å². The van der Waals surface area contributed by atoms with Crippen LogP contribution < -0.4 is 4.74 Å². The molecule has 1 aliphatic rings. The summed E-state index contributed by atoms with van der Waals surface area (Å²) in [5, 5.41) is 1.75. The lowest BCUT2D eigenvalue weighted by Crippen LogP contribution is -2.21. The molecule has 3 aromatic carbocycles. The Morgan fingerprint density at radius 1 is 0.783 bits per heavy atom. The Bertz CT molecular complexity index is 1000. The predicted molar refractivity (Wildman–Crippen MR) is 83.8 cm³/mol. The summed E-state index contributed by atoms with van der Waals surface area (Å²) in [6.45, 7) is 0. The summed E-state index contributed by atoms with van der Waals surface area (Å²) in [5.41, 5.74) is 0.910. The summed E-state index contributed by atoms with van der Waals surface area (Å²) < 4.78 is 18.8. The minimum Gasteiger partial charge on any atom is -0.494 e. The van der Waals surface area contributed by atoms with Gasteiger partial charge in [0.1, 0.15) is 0 Å². The first-order valence-corrected chi connectivity index (χ1v) is 7.10. The van der Waals surface area contributed by atoms with Crippen LogP contribution in [0.15, 0.2) is 48.5 Å². The molecule has 3 nitrogen and oxygen atoms in total. The molecule has 0 N–H and O–H groups in total. The Balaban J connectivity index is 2.02. The van der Waals surface area contributed by atoms with E-state index in [-0.39, 0.29) is 28.4 Å². The van der Waals surface area contributed by atoms with Gasteiger partial charge in [0.15, 0.2) is 23.1 Å². The number of rotatable bonds is 1. The number of halogens is 1. The van der Waals surface area contributed by atoms with Crippen LogP contribution in [-0.4, -0.2) is 18.7 Å². The molecule has 0 heterocycles. The minimum absolute atomic E-state index is 0.0471. The van der Waals surface area contributed by atoms with Gasteiger partial charge in [0.25, 0.3) is 0 Å². The maximum absolute atomic E-state index is 13.9. The minimum atomic E-state index is -0.656. The lowest BCUT2D eigenvalue weighted by molar-refractivity contribution is 0.0978. The van der Waals surface area contributed by atoms with Crippen LogP contribution in [0, 0.1) is 5.82 Å². The van der Waals surface area contributed by atoms with Crippen molar-refractivity contribution >= 4 is 22.3 Å². The van der Waals surface area contributed by atoms with E-state index in [1.165, 1.54) is 13.2 Å². The number of carbonyl (C=O) groups is 2. The Hall–Kier alpha value is -3.01. The zero-order valence-corrected chi connectivity index (χ0v) is 12.2. The number of hydrogen-bond donors (Lipinski definition) is 0. The molecule has 0 amide bonds. The maximum Gasteiger partial charge on any atom is 0.194 e. The molecule has 0 fully saturated rings. The van der Waals surface area contributed by atoms with E-state index in [0.717, 1.165) is 16.8 Å². The highest BCUT2D eigenvalue weighted by molar-refractivity contribution is 6.29. The van der Waals surface area contributed by atoms with Gasteiger partial charge in [0.2, 0.25) is 0 Å². The number of ketones is 2. The van der Waals surface area contributed by atoms with Crippen molar-refractivity contribution in [3.05, 3.63) is 76.6 Å². The second-order valence-corrected chi connectivity index (χ2v) is 5.44. The van der Waals surface area contributed by atoms with Gasteiger partial charge < -0.3 is 4.74 Å². The molecule has 1 aliphatic carbocycles. The van der Waals surface area contributed by atoms with Crippen molar-refractivity contribution in [2.24, 2.45) is 0 Å². The van der Waals surface area contributed by atoms with Crippen molar-refractivity contribution < 1.29 is 18.7 Å². The normalized spacial score (nSPS) is 13.0. The Morgan fingerprint density at radius 3 is 1.78 bits per heavy atom. The zero-order chi connectivity index (χ0) is 16.1. The van der Waals surface area contributed by atoms with Gasteiger partial charge in [-0.1, -0.05) is 24.3 Å². The van der Waals surface area contributed by atoms with Gasteiger partial charge >= 0.3 is 0 Å². The van der Waals surface area contributed by atoms with Crippen LogP contribution >= 0.6 is 0 Å². The van der Waals surface area contributed by atoms with Gasteiger partial charge in [-0.05, 0) is 35.0 Å². The molecule has 0 radical (unpaired) electrons. The lowest BCUT2D eigenvalue weighted by atomic mass is 9.82. The third kappa shape index (κ3) is 1.88. The summed E-state index contributed by atoms with van der Waals surface area (Å²) in [6, 6.07) is 13.3. The van der Waals surface area contributed by atoms with Crippen LogP contribution in [0.1, 0.15) is 31.8 Å². The van der Waals surface area contributed by atoms with Gasteiger partial charge in [-0.3, -0.25) is 9.59 Å². The zero-order valence-electron chi connectivity index (χ0n) is 12.2. The van der Waals surface area contributed by atoms with Crippen LogP contribution in [0.2, 0.25) is 0 Å². The van der Waals surface area contributed by atoms with E-state index in [0.29, 0.717) is 11.1 Å². The molecule has 23 heavy (non-hydrogen) atoms. The van der Waals surface area contributed by atoms with E-state index in [9.17, 15) is 14.0 Å². The molecule has 4 rings (SSSR count). The predicted octanol–water partition coefficient (Wildman–Crippen LogP) is 3.76. The maximum atomic E-state index is 13.9. The number of fused-ring (bicyclic) bond motifs is 3. The SMILES string of the molecule is COc1cc2c(cc1F)C(=O)c1cc3ccccc3cc1C2=O. The molecule has 0 aliphatic heterocycles. The lowest BCUT2D eigenvalue weighted by Gasteiger charge is -2.19. The van der Waals surface area contributed by atoms with Crippen molar-refractivity contribution in [2.75, 3.05) is 7.11 Å². The molecule has 0 atom stereocenters. The second kappa shape index (κ2) is 4.74. The number of ether oxygens (including phenoxy) is 1. The highest BCUT2D eigenvalue weighted by Gasteiger charge is 2.31. The van der Waals surface area contributed by atoms with E-state index < -0.39 is 5.82 Å². The van der Waals surface area contributed by atoms with Gasteiger partial charge in [-0.2, -0.15) is 0 Å². The highest BCUT2D eigenvalue weighted by Crippen LogP contribution is 2.33. The quantitative estimate of drug-likeness (QED) is 0.538. The van der Waals surface area contributed by atoms with E-state index >= 15 is 0 Å². The third-order valence-electron chi connectivity index (χ3n) is 4.16. The van der Waals surface area contributed by atoms with Gasteiger partial charge in [-0.15, -0.1) is 0 Å². The smallest absolute Gasteiger partial charge is 0.194 e. The van der Waals surface area contributed by atoms with Crippen LogP contribution in [0.3, 0.4) is 0 Å². The largest absolute Gasteiger partial charge is 0.494 e. The van der Waals surface area contributed by atoms with Gasteiger partial charge in [0.05, 0.1) is 7.11 Å². The van der Waals surface area contributed by atoms with Crippen LogP contribution in [0.25, 0.3) is 10.8 Å². The standard InChI is InChI=1S/C19H11FO3/c1-23-17-9-15-14(8-16(17)20)18(21)12-6-10-4-2-3-5-11(10)7-13(12)19(15)22/h2-9H,1H3. The fraction of sp³-hybridized carbons (Fsp3) is 0.0526. The molecule has 0 saturated heterocycles. The van der Waals surface area contributed by atoms with Crippen LogP contribution in [0.5, 0.6) is 5.75 Å². The number of carbonyl (C=O) groups excluding carboxylic acids is 2. The van der Waals surface area contributed by atoms with Gasteiger partial charge in [-0.25, -0.2) is 4.39 Å². The molecule has 3 aromatic rings. The molecular weight excluding hydrogens is 295 g/mol. The Morgan fingerprint density at radius 2 is 1.26 bits per heavy atom. The van der Waals surface area contributed by atoms with E-state index in [4.69, 9.17) is 4.74 Å². The fourth-order valence-electron chi connectivity index (χ4n) is 2.99. The molecular formula is C19H11FO3. The summed E-state index contributed by atoms with van der Waals surface area (Å²) >= 11 is 0.